The summed E-state index contributed by atoms with van der Waals surface area (Å²) in [5.74, 6) is 0.516. The fraction of sp³-hybridized carbons (Fsp3) is 0.100. The average Bonchev–Trinajstić information content (AvgIpc) is 2.95. The van der Waals surface area contributed by atoms with Crippen LogP contribution in [0.15, 0.2) is 71.4 Å². The number of halogens is 1. The molecule has 0 spiro atoms. The van der Waals surface area contributed by atoms with Crippen molar-refractivity contribution in [2.24, 2.45) is 4.99 Å². The van der Waals surface area contributed by atoms with E-state index in [-0.39, 0.29) is 5.70 Å². The lowest BCUT2D eigenvalue weighted by molar-refractivity contribution is -0.129. The van der Waals surface area contributed by atoms with E-state index in [1.165, 1.54) is 0 Å². The van der Waals surface area contributed by atoms with Crippen LogP contribution in [-0.2, 0) is 9.53 Å². The molecule has 0 amide bonds. The van der Waals surface area contributed by atoms with Gasteiger partial charge in [0.2, 0.25) is 5.90 Å². The summed E-state index contributed by atoms with van der Waals surface area (Å²) in [6.07, 6.45) is 1.68. The molecule has 0 fully saturated rings. The number of carbonyl (C=O) groups is 1. The number of nitrogens with zero attached hydrogens (tertiary/aromatic N) is 1. The molecule has 0 aromatic heterocycles. The first-order chi connectivity index (χ1) is 12.0. The molecule has 1 aliphatic heterocycles. The summed E-state index contributed by atoms with van der Waals surface area (Å²) < 4.78 is 12.1. The normalized spacial score (nSPS) is 15.0. The second kappa shape index (κ2) is 7.65. The Morgan fingerprint density at radius 1 is 1.28 bits per heavy atom. The van der Waals surface area contributed by atoms with Gasteiger partial charge < -0.3 is 9.47 Å². The van der Waals surface area contributed by atoms with E-state index in [1.807, 2.05) is 55.5 Å². The minimum absolute atomic E-state index is 0.250. The lowest BCUT2D eigenvalue weighted by atomic mass is 10.1. The van der Waals surface area contributed by atoms with Crippen LogP contribution in [0, 0.1) is 3.57 Å². The molecule has 0 bridgehead atoms. The quantitative estimate of drug-likeness (QED) is 0.293. The fourth-order valence-electron chi connectivity index (χ4n) is 2.23. The van der Waals surface area contributed by atoms with Crippen molar-refractivity contribution in [3.63, 3.8) is 0 Å². The largest absolute Gasteiger partial charge is 0.489 e. The number of hydrogen-bond donors (Lipinski definition) is 0. The lowest BCUT2D eigenvalue weighted by Gasteiger charge is -2.08. The summed E-state index contributed by atoms with van der Waals surface area (Å²) in [6, 6.07) is 15.1. The first kappa shape index (κ1) is 17.4. The molecular weight excluding hydrogens is 429 g/mol. The summed E-state index contributed by atoms with van der Waals surface area (Å²) in [5, 5.41) is 0. The smallest absolute Gasteiger partial charge is 0.363 e. The Balaban J connectivity index is 1.91. The number of rotatable bonds is 5. The van der Waals surface area contributed by atoms with Crippen molar-refractivity contribution in [3.05, 3.63) is 81.1 Å². The van der Waals surface area contributed by atoms with Crippen LogP contribution in [0.25, 0.3) is 6.08 Å². The SMILES string of the molecule is C=C(C)COc1ccccc1C=C1N=C(c2cccc(I)c2)OC1=O. The van der Waals surface area contributed by atoms with Crippen molar-refractivity contribution in [2.75, 3.05) is 6.61 Å². The number of aliphatic imine (C=N–C) groups is 1. The van der Waals surface area contributed by atoms with E-state index in [2.05, 4.69) is 34.2 Å². The van der Waals surface area contributed by atoms with Crippen LogP contribution in [0.3, 0.4) is 0 Å². The monoisotopic (exact) mass is 445 g/mol. The molecule has 0 aliphatic carbocycles. The average molecular weight is 445 g/mol. The number of ether oxygens (including phenoxy) is 2. The van der Waals surface area contributed by atoms with Crippen LogP contribution in [0.4, 0.5) is 0 Å². The van der Waals surface area contributed by atoms with E-state index in [4.69, 9.17) is 9.47 Å². The zero-order valence-corrected chi connectivity index (χ0v) is 15.8. The van der Waals surface area contributed by atoms with Crippen molar-refractivity contribution in [2.45, 2.75) is 6.92 Å². The molecule has 1 aliphatic rings. The number of cyclic esters (lactones) is 1. The van der Waals surface area contributed by atoms with E-state index in [9.17, 15) is 4.79 Å². The summed E-state index contributed by atoms with van der Waals surface area (Å²) in [7, 11) is 0. The van der Waals surface area contributed by atoms with Crippen molar-refractivity contribution in [3.8, 4) is 5.75 Å². The standard InChI is InChI=1S/C20H16INO3/c1-13(2)12-24-18-9-4-3-6-14(18)11-17-20(23)25-19(22-17)15-7-5-8-16(21)10-15/h3-11H,1,12H2,2H3. The first-order valence-corrected chi connectivity index (χ1v) is 8.75. The van der Waals surface area contributed by atoms with Gasteiger partial charge in [0.15, 0.2) is 5.70 Å². The van der Waals surface area contributed by atoms with Gasteiger partial charge in [0.25, 0.3) is 0 Å². The maximum absolute atomic E-state index is 12.2. The first-order valence-electron chi connectivity index (χ1n) is 7.67. The summed E-state index contributed by atoms with van der Waals surface area (Å²) in [5.41, 5.74) is 2.71. The van der Waals surface area contributed by atoms with Gasteiger partial charge in [0.1, 0.15) is 12.4 Å². The Morgan fingerprint density at radius 3 is 2.84 bits per heavy atom. The minimum atomic E-state index is -0.469. The third-order valence-electron chi connectivity index (χ3n) is 3.38. The van der Waals surface area contributed by atoms with E-state index < -0.39 is 5.97 Å². The Hall–Kier alpha value is -2.41. The molecule has 1 heterocycles. The van der Waals surface area contributed by atoms with Gasteiger partial charge in [0.05, 0.1) is 0 Å². The highest BCUT2D eigenvalue weighted by Crippen LogP contribution is 2.25. The van der Waals surface area contributed by atoms with Crippen LogP contribution >= 0.6 is 22.6 Å². The van der Waals surface area contributed by atoms with Crippen LogP contribution in [0.2, 0.25) is 0 Å². The van der Waals surface area contributed by atoms with Crippen molar-refractivity contribution >= 4 is 40.5 Å². The zero-order chi connectivity index (χ0) is 17.8. The van der Waals surface area contributed by atoms with Gasteiger partial charge in [-0.1, -0.05) is 30.8 Å². The molecule has 0 unspecified atom stereocenters. The highest BCUT2D eigenvalue weighted by molar-refractivity contribution is 14.1. The molecule has 126 valence electrons. The third kappa shape index (κ3) is 4.36. The molecule has 0 N–H and O–H groups in total. The highest BCUT2D eigenvalue weighted by Gasteiger charge is 2.24. The minimum Gasteiger partial charge on any atom is -0.489 e. The molecule has 0 saturated heterocycles. The summed E-state index contributed by atoms with van der Waals surface area (Å²) >= 11 is 2.21. The highest BCUT2D eigenvalue weighted by atomic mass is 127. The van der Waals surface area contributed by atoms with E-state index in [1.54, 1.807) is 6.08 Å². The van der Waals surface area contributed by atoms with Crippen LogP contribution < -0.4 is 4.74 Å². The van der Waals surface area contributed by atoms with E-state index >= 15 is 0 Å². The Bertz CT molecular complexity index is 899. The molecule has 0 radical (unpaired) electrons. The van der Waals surface area contributed by atoms with Gasteiger partial charge in [-0.3, -0.25) is 0 Å². The van der Waals surface area contributed by atoms with Gasteiger partial charge in [0, 0.05) is 14.7 Å². The molecule has 2 aromatic rings. The molecule has 0 saturated carbocycles. The van der Waals surface area contributed by atoms with Crippen molar-refractivity contribution < 1.29 is 14.3 Å². The van der Waals surface area contributed by atoms with Crippen LogP contribution in [-0.4, -0.2) is 18.5 Å². The maximum Gasteiger partial charge on any atom is 0.363 e. The molecule has 4 nitrogen and oxygen atoms in total. The Kier molecular flexibility index (Phi) is 5.33. The van der Waals surface area contributed by atoms with Gasteiger partial charge in [-0.2, -0.15) is 0 Å². The number of benzene rings is 2. The number of hydrogen-bond acceptors (Lipinski definition) is 4. The van der Waals surface area contributed by atoms with Crippen LogP contribution in [0.1, 0.15) is 18.1 Å². The molecular formula is C20H16INO3. The summed E-state index contributed by atoms with van der Waals surface area (Å²) in [4.78, 5) is 16.5. The van der Waals surface area contributed by atoms with Gasteiger partial charge in [-0.05, 0) is 65.4 Å². The second-order valence-corrected chi connectivity index (χ2v) is 6.88. The predicted molar refractivity (Wildman–Crippen MR) is 107 cm³/mol. The molecule has 2 aromatic carbocycles. The second-order valence-electron chi connectivity index (χ2n) is 5.63. The lowest BCUT2D eigenvalue weighted by Crippen LogP contribution is -2.05. The molecule has 5 heteroatoms. The van der Waals surface area contributed by atoms with Crippen molar-refractivity contribution in [1.82, 2.24) is 0 Å². The van der Waals surface area contributed by atoms with Gasteiger partial charge in [-0.15, -0.1) is 0 Å². The molecule has 3 rings (SSSR count). The third-order valence-corrected chi connectivity index (χ3v) is 4.05. The number of carbonyl (C=O) groups excluding carboxylic acids is 1. The maximum atomic E-state index is 12.2. The van der Waals surface area contributed by atoms with Gasteiger partial charge in [-0.25, -0.2) is 9.79 Å². The van der Waals surface area contributed by atoms with E-state index in [0.717, 1.165) is 20.3 Å². The Morgan fingerprint density at radius 2 is 2.08 bits per heavy atom. The van der Waals surface area contributed by atoms with Gasteiger partial charge >= 0.3 is 5.97 Å². The predicted octanol–water partition coefficient (Wildman–Crippen LogP) is 4.59. The van der Waals surface area contributed by atoms with Crippen LogP contribution in [0.5, 0.6) is 5.75 Å². The Labute approximate surface area is 160 Å². The number of para-hydroxylation sites is 1. The van der Waals surface area contributed by atoms with Crippen molar-refractivity contribution in [1.29, 1.82) is 0 Å². The zero-order valence-electron chi connectivity index (χ0n) is 13.7. The number of esters is 1. The molecule has 25 heavy (non-hydrogen) atoms. The molecule has 0 atom stereocenters. The fourth-order valence-corrected chi connectivity index (χ4v) is 2.78. The van der Waals surface area contributed by atoms with E-state index in [0.29, 0.717) is 18.3 Å². The topological polar surface area (TPSA) is 47.9 Å². The summed E-state index contributed by atoms with van der Waals surface area (Å²) in [6.45, 7) is 6.14.